The van der Waals surface area contributed by atoms with Gasteiger partial charge in [0.2, 0.25) is 0 Å². The number of nitrogens with one attached hydrogen (secondary N) is 2. The lowest BCUT2D eigenvalue weighted by Crippen LogP contribution is -2.34. The topological polar surface area (TPSA) is 84.5 Å². The van der Waals surface area contributed by atoms with Crippen LogP contribution in [0.4, 0.5) is 10.5 Å². The number of para-hydroxylation sites is 1. The molecule has 27 heavy (non-hydrogen) atoms. The first-order valence-electron chi connectivity index (χ1n) is 7.85. The van der Waals surface area contributed by atoms with Gasteiger partial charge in [-0.05, 0) is 48.5 Å². The Labute approximate surface area is 161 Å². The molecule has 0 atom stereocenters. The summed E-state index contributed by atoms with van der Waals surface area (Å²) in [5.41, 5.74) is 0.405. The molecule has 2 amide bonds. The highest BCUT2D eigenvalue weighted by Crippen LogP contribution is 2.23. The third kappa shape index (κ3) is 4.99. The fourth-order valence-corrected chi connectivity index (χ4v) is 3.66. The van der Waals surface area contributed by atoms with E-state index in [-0.39, 0.29) is 9.92 Å². The Morgan fingerprint density at radius 2 is 1.41 bits per heavy atom. The zero-order chi connectivity index (χ0) is 19.3. The SMILES string of the molecule is O=C(Nc1ccc(Oc2ccccc2)cc1)NS(=O)(=O)c1ccccc1Cl. The molecule has 0 saturated carbocycles. The van der Waals surface area contributed by atoms with E-state index in [4.69, 9.17) is 16.3 Å². The molecule has 0 aliphatic rings. The molecule has 0 aliphatic heterocycles. The smallest absolute Gasteiger partial charge is 0.333 e. The molecule has 3 rings (SSSR count). The average molecular weight is 403 g/mol. The summed E-state index contributed by atoms with van der Waals surface area (Å²) in [6.07, 6.45) is 0. The Hall–Kier alpha value is -3.03. The van der Waals surface area contributed by atoms with E-state index in [9.17, 15) is 13.2 Å². The number of ether oxygens (including phenoxy) is 1. The second-order valence-electron chi connectivity index (χ2n) is 5.43. The monoisotopic (exact) mass is 402 g/mol. The zero-order valence-corrected chi connectivity index (χ0v) is 15.5. The Bertz CT molecular complexity index is 1040. The molecular formula is C19H15ClN2O4S. The van der Waals surface area contributed by atoms with Crippen LogP contribution in [-0.4, -0.2) is 14.4 Å². The van der Waals surface area contributed by atoms with Crippen LogP contribution < -0.4 is 14.8 Å². The van der Waals surface area contributed by atoms with Crippen molar-refractivity contribution in [1.82, 2.24) is 4.72 Å². The summed E-state index contributed by atoms with van der Waals surface area (Å²) >= 11 is 5.87. The zero-order valence-electron chi connectivity index (χ0n) is 13.9. The predicted octanol–water partition coefficient (Wildman–Crippen LogP) is 4.64. The number of anilines is 1. The number of carbonyl (C=O) groups excluding carboxylic acids is 1. The van der Waals surface area contributed by atoms with Crippen molar-refractivity contribution in [2.75, 3.05) is 5.32 Å². The van der Waals surface area contributed by atoms with Crippen LogP contribution in [0.15, 0.2) is 83.8 Å². The maximum atomic E-state index is 12.2. The van der Waals surface area contributed by atoms with Gasteiger partial charge in [0.1, 0.15) is 16.4 Å². The van der Waals surface area contributed by atoms with Gasteiger partial charge in [-0.1, -0.05) is 41.9 Å². The first-order valence-corrected chi connectivity index (χ1v) is 9.71. The molecule has 6 nitrogen and oxygen atoms in total. The van der Waals surface area contributed by atoms with Gasteiger partial charge in [-0.2, -0.15) is 0 Å². The Kier molecular flexibility index (Phi) is 5.63. The summed E-state index contributed by atoms with van der Waals surface area (Å²) < 4.78 is 32.0. The lowest BCUT2D eigenvalue weighted by atomic mass is 10.3. The summed E-state index contributed by atoms with van der Waals surface area (Å²) in [5.74, 6) is 1.26. The standard InChI is InChI=1S/C19H15ClN2O4S/c20-17-8-4-5-9-18(17)27(24,25)22-19(23)21-14-10-12-16(13-11-14)26-15-6-2-1-3-7-15/h1-13H,(H2,21,22,23). The highest BCUT2D eigenvalue weighted by molar-refractivity contribution is 7.90. The van der Waals surface area contributed by atoms with Crippen molar-refractivity contribution < 1.29 is 17.9 Å². The second-order valence-corrected chi connectivity index (χ2v) is 7.49. The van der Waals surface area contributed by atoms with Gasteiger partial charge >= 0.3 is 6.03 Å². The van der Waals surface area contributed by atoms with Gasteiger partial charge in [0.15, 0.2) is 0 Å². The lowest BCUT2D eigenvalue weighted by molar-refractivity contribution is 0.256. The number of benzene rings is 3. The first kappa shape index (κ1) is 18.8. The number of urea groups is 1. The summed E-state index contributed by atoms with van der Waals surface area (Å²) in [6, 6.07) is 20.7. The quantitative estimate of drug-likeness (QED) is 0.651. The maximum Gasteiger partial charge on any atom is 0.333 e. The molecule has 0 aliphatic carbocycles. The van der Waals surface area contributed by atoms with Crippen LogP contribution in [0, 0.1) is 0 Å². The largest absolute Gasteiger partial charge is 0.457 e. The normalized spacial score (nSPS) is 10.9. The molecule has 0 heterocycles. The van der Waals surface area contributed by atoms with Gasteiger partial charge in [-0.3, -0.25) is 0 Å². The highest BCUT2D eigenvalue weighted by Gasteiger charge is 2.20. The molecule has 138 valence electrons. The second kappa shape index (κ2) is 8.11. The van der Waals surface area contributed by atoms with Crippen LogP contribution in [0.5, 0.6) is 11.5 Å². The molecule has 0 saturated heterocycles. The van der Waals surface area contributed by atoms with E-state index < -0.39 is 16.1 Å². The number of hydrogen-bond donors (Lipinski definition) is 2. The van der Waals surface area contributed by atoms with Gasteiger partial charge in [0.25, 0.3) is 10.0 Å². The van der Waals surface area contributed by atoms with Crippen LogP contribution >= 0.6 is 11.6 Å². The number of rotatable bonds is 5. The predicted molar refractivity (Wildman–Crippen MR) is 104 cm³/mol. The molecule has 0 fully saturated rings. The molecule has 2 N–H and O–H groups in total. The van der Waals surface area contributed by atoms with E-state index in [1.54, 1.807) is 30.3 Å². The van der Waals surface area contributed by atoms with Crippen LogP contribution in [0.1, 0.15) is 0 Å². The minimum Gasteiger partial charge on any atom is -0.457 e. The minimum absolute atomic E-state index is 0.0280. The van der Waals surface area contributed by atoms with Gasteiger partial charge in [-0.25, -0.2) is 17.9 Å². The van der Waals surface area contributed by atoms with E-state index >= 15 is 0 Å². The van der Waals surface area contributed by atoms with Gasteiger partial charge < -0.3 is 10.1 Å². The molecule has 0 spiro atoms. The number of hydrogen-bond acceptors (Lipinski definition) is 4. The summed E-state index contributed by atoms with van der Waals surface area (Å²) in [6.45, 7) is 0. The van der Waals surface area contributed by atoms with Crippen molar-refractivity contribution in [3.05, 3.63) is 83.9 Å². The summed E-state index contributed by atoms with van der Waals surface area (Å²) in [4.78, 5) is 11.8. The van der Waals surface area contributed by atoms with Crippen LogP contribution in [0.3, 0.4) is 0 Å². The van der Waals surface area contributed by atoms with Crippen molar-refractivity contribution in [1.29, 1.82) is 0 Å². The van der Waals surface area contributed by atoms with Gasteiger partial charge in [-0.15, -0.1) is 0 Å². The summed E-state index contributed by atoms with van der Waals surface area (Å²) in [7, 11) is -4.08. The van der Waals surface area contributed by atoms with Crippen molar-refractivity contribution in [2.24, 2.45) is 0 Å². The number of sulfonamides is 1. The van der Waals surface area contributed by atoms with Crippen molar-refractivity contribution in [3.8, 4) is 11.5 Å². The third-order valence-corrected chi connectivity index (χ3v) is 5.28. The van der Waals surface area contributed by atoms with E-state index in [0.29, 0.717) is 17.2 Å². The minimum atomic E-state index is -4.08. The van der Waals surface area contributed by atoms with Crippen LogP contribution in [0.2, 0.25) is 5.02 Å². The molecule has 3 aromatic carbocycles. The molecule has 0 aromatic heterocycles. The molecule has 0 bridgehead atoms. The van der Waals surface area contributed by atoms with Crippen LogP contribution in [-0.2, 0) is 10.0 Å². The van der Waals surface area contributed by atoms with E-state index in [1.165, 1.54) is 18.2 Å². The third-order valence-electron chi connectivity index (χ3n) is 3.44. The average Bonchev–Trinajstić information content (AvgIpc) is 2.64. The number of amides is 2. The van der Waals surface area contributed by atoms with E-state index in [0.717, 1.165) is 0 Å². The highest BCUT2D eigenvalue weighted by atomic mass is 35.5. The van der Waals surface area contributed by atoms with Gasteiger partial charge in [0, 0.05) is 5.69 Å². The fourth-order valence-electron chi connectivity index (χ4n) is 2.23. The van der Waals surface area contributed by atoms with Crippen LogP contribution in [0.25, 0.3) is 0 Å². The maximum absolute atomic E-state index is 12.2. The fraction of sp³-hybridized carbons (Fsp3) is 0. The molecule has 3 aromatic rings. The number of halogens is 1. The molecule has 0 radical (unpaired) electrons. The Morgan fingerprint density at radius 3 is 2.07 bits per heavy atom. The van der Waals surface area contributed by atoms with E-state index in [1.807, 2.05) is 35.1 Å². The molecule has 8 heteroatoms. The molecular weight excluding hydrogens is 388 g/mol. The van der Waals surface area contributed by atoms with Crippen molar-refractivity contribution in [2.45, 2.75) is 4.90 Å². The Balaban J connectivity index is 1.63. The van der Waals surface area contributed by atoms with Crippen molar-refractivity contribution in [3.63, 3.8) is 0 Å². The molecule has 0 unspecified atom stereocenters. The van der Waals surface area contributed by atoms with E-state index in [2.05, 4.69) is 5.32 Å². The number of carbonyl (C=O) groups is 1. The lowest BCUT2D eigenvalue weighted by Gasteiger charge is -2.10. The Morgan fingerprint density at radius 1 is 0.815 bits per heavy atom. The summed E-state index contributed by atoms with van der Waals surface area (Å²) in [5, 5.41) is 2.48. The van der Waals surface area contributed by atoms with Gasteiger partial charge in [0.05, 0.1) is 5.02 Å². The first-order chi connectivity index (χ1) is 12.9. The van der Waals surface area contributed by atoms with Crippen molar-refractivity contribution >= 4 is 33.3 Å².